The maximum Gasteiger partial charge on any atom is 0.401 e. The molecule has 0 radical (unpaired) electrons. The van der Waals surface area contributed by atoms with Crippen molar-refractivity contribution in [3.05, 3.63) is 35.2 Å². The number of aliphatic hydroxyl groups is 1. The SMILES string of the molecule is OCCCN(CCc1nc(-c2cccc(Cl)c2)no1)CC(F)(F)F. The van der Waals surface area contributed by atoms with Crippen LogP contribution in [-0.4, -0.2) is 52.6 Å². The summed E-state index contributed by atoms with van der Waals surface area (Å²) in [6.07, 6.45) is -3.83. The summed E-state index contributed by atoms with van der Waals surface area (Å²) in [6, 6.07) is 6.89. The zero-order valence-corrected chi connectivity index (χ0v) is 13.5. The van der Waals surface area contributed by atoms with Gasteiger partial charge in [-0.25, -0.2) is 0 Å². The molecule has 1 N–H and O–H groups in total. The maximum absolute atomic E-state index is 12.6. The molecule has 2 rings (SSSR count). The molecule has 1 aromatic heterocycles. The summed E-state index contributed by atoms with van der Waals surface area (Å²) in [6.45, 7) is -0.946. The zero-order chi connectivity index (χ0) is 17.6. The van der Waals surface area contributed by atoms with E-state index in [1.165, 1.54) is 4.90 Å². The van der Waals surface area contributed by atoms with Crippen LogP contribution >= 0.6 is 11.6 Å². The molecule has 9 heteroatoms. The van der Waals surface area contributed by atoms with Crippen LogP contribution in [-0.2, 0) is 6.42 Å². The second-order valence-electron chi connectivity index (χ2n) is 5.24. The molecular formula is C15H17ClF3N3O2. The third-order valence-electron chi connectivity index (χ3n) is 3.23. The molecule has 132 valence electrons. The Labute approximate surface area is 142 Å². The fourth-order valence-electron chi connectivity index (χ4n) is 2.17. The van der Waals surface area contributed by atoms with Gasteiger partial charge in [-0.3, -0.25) is 4.90 Å². The Bertz CT molecular complexity index is 649. The third-order valence-corrected chi connectivity index (χ3v) is 3.46. The Morgan fingerprint density at radius 3 is 2.71 bits per heavy atom. The van der Waals surface area contributed by atoms with E-state index in [0.29, 0.717) is 16.4 Å². The molecule has 0 saturated carbocycles. The number of hydrogen-bond acceptors (Lipinski definition) is 5. The largest absolute Gasteiger partial charge is 0.401 e. The minimum Gasteiger partial charge on any atom is -0.396 e. The zero-order valence-electron chi connectivity index (χ0n) is 12.8. The van der Waals surface area contributed by atoms with Crippen LogP contribution in [0.15, 0.2) is 28.8 Å². The van der Waals surface area contributed by atoms with E-state index >= 15 is 0 Å². The summed E-state index contributed by atoms with van der Waals surface area (Å²) >= 11 is 5.89. The molecule has 0 bridgehead atoms. The van der Waals surface area contributed by atoms with Gasteiger partial charge in [-0.2, -0.15) is 18.2 Å². The molecule has 0 aliphatic carbocycles. The van der Waals surface area contributed by atoms with Crippen LogP contribution in [0.5, 0.6) is 0 Å². The van der Waals surface area contributed by atoms with Crippen molar-refractivity contribution in [2.75, 3.05) is 26.2 Å². The van der Waals surface area contributed by atoms with E-state index in [1.54, 1.807) is 24.3 Å². The Morgan fingerprint density at radius 2 is 2.04 bits per heavy atom. The fraction of sp³-hybridized carbons (Fsp3) is 0.467. The molecule has 0 aliphatic heterocycles. The molecule has 0 fully saturated rings. The van der Waals surface area contributed by atoms with Gasteiger partial charge >= 0.3 is 6.18 Å². The standard InChI is InChI=1S/C15H17ClF3N3O2/c16-12-4-1-3-11(9-12)14-20-13(24-21-14)5-7-22(6-2-8-23)10-15(17,18)19/h1,3-4,9,23H,2,5-8,10H2. The lowest BCUT2D eigenvalue weighted by Gasteiger charge is -2.22. The Kier molecular flexibility index (Phi) is 6.59. The van der Waals surface area contributed by atoms with Gasteiger partial charge in [0, 0.05) is 36.7 Å². The van der Waals surface area contributed by atoms with Crippen molar-refractivity contribution in [1.82, 2.24) is 15.0 Å². The number of aromatic nitrogens is 2. The Morgan fingerprint density at radius 1 is 1.25 bits per heavy atom. The summed E-state index contributed by atoms with van der Waals surface area (Å²) < 4.78 is 42.7. The summed E-state index contributed by atoms with van der Waals surface area (Å²) in [5.74, 6) is 0.589. The molecule has 2 aromatic rings. The predicted octanol–water partition coefficient (Wildman–Crippen LogP) is 3.18. The molecule has 0 unspecified atom stereocenters. The van der Waals surface area contributed by atoms with E-state index in [-0.39, 0.29) is 38.4 Å². The van der Waals surface area contributed by atoms with E-state index < -0.39 is 12.7 Å². The highest BCUT2D eigenvalue weighted by Gasteiger charge is 2.30. The van der Waals surface area contributed by atoms with Gasteiger partial charge < -0.3 is 9.63 Å². The summed E-state index contributed by atoms with van der Waals surface area (Å²) in [5.41, 5.74) is 0.671. The van der Waals surface area contributed by atoms with E-state index in [0.717, 1.165) is 0 Å². The van der Waals surface area contributed by atoms with E-state index in [4.69, 9.17) is 21.2 Å². The minimum atomic E-state index is -4.30. The van der Waals surface area contributed by atoms with Gasteiger partial charge in [0.2, 0.25) is 11.7 Å². The topological polar surface area (TPSA) is 62.4 Å². The quantitative estimate of drug-likeness (QED) is 0.780. The smallest absolute Gasteiger partial charge is 0.396 e. The van der Waals surface area contributed by atoms with Crippen LogP contribution in [0, 0.1) is 0 Å². The second kappa shape index (κ2) is 8.46. The van der Waals surface area contributed by atoms with Crippen molar-refractivity contribution < 1.29 is 22.8 Å². The molecule has 5 nitrogen and oxygen atoms in total. The lowest BCUT2D eigenvalue weighted by molar-refractivity contribution is -0.146. The maximum atomic E-state index is 12.6. The molecule has 1 aromatic carbocycles. The van der Waals surface area contributed by atoms with E-state index in [2.05, 4.69) is 10.1 Å². The lowest BCUT2D eigenvalue weighted by Crippen LogP contribution is -2.36. The lowest BCUT2D eigenvalue weighted by atomic mass is 10.2. The monoisotopic (exact) mass is 363 g/mol. The number of alkyl halides is 3. The van der Waals surface area contributed by atoms with Crippen LogP contribution in [0.25, 0.3) is 11.4 Å². The van der Waals surface area contributed by atoms with Gasteiger partial charge in [0.1, 0.15) is 0 Å². The van der Waals surface area contributed by atoms with E-state index in [9.17, 15) is 13.2 Å². The van der Waals surface area contributed by atoms with Crippen LogP contribution in [0.3, 0.4) is 0 Å². The molecular weight excluding hydrogens is 347 g/mol. The van der Waals surface area contributed by atoms with Gasteiger partial charge in [-0.05, 0) is 18.6 Å². The number of aliphatic hydroxyl groups excluding tert-OH is 1. The van der Waals surface area contributed by atoms with Gasteiger partial charge in [-0.15, -0.1) is 0 Å². The first-order valence-corrected chi connectivity index (χ1v) is 7.73. The van der Waals surface area contributed by atoms with Crippen molar-refractivity contribution in [2.24, 2.45) is 0 Å². The molecule has 0 saturated heterocycles. The third kappa shape index (κ3) is 6.10. The average molecular weight is 364 g/mol. The van der Waals surface area contributed by atoms with Crippen LogP contribution in [0.4, 0.5) is 13.2 Å². The predicted molar refractivity (Wildman–Crippen MR) is 82.6 cm³/mol. The molecule has 0 spiro atoms. The van der Waals surface area contributed by atoms with Crippen LogP contribution < -0.4 is 0 Å². The highest BCUT2D eigenvalue weighted by atomic mass is 35.5. The highest BCUT2D eigenvalue weighted by Crippen LogP contribution is 2.20. The average Bonchev–Trinajstić information content (AvgIpc) is 2.98. The van der Waals surface area contributed by atoms with Crippen molar-refractivity contribution in [1.29, 1.82) is 0 Å². The molecule has 0 amide bonds. The summed E-state index contributed by atoms with van der Waals surface area (Å²) in [4.78, 5) is 5.38. The minimum absolute atomic E-state index is 0.108. The van der Waals surface area contributed by atoms with Crippen LogP contribution in [0.2, 0.25) is 5.02 Å². The van der Waals surface area contributed by atoms with Gasteiger partial charge in [0.15, 0.2) is 0 Å². The van der Waals surface area contributed by atoms with Crippen molar-refractivity contribution >= 4 is 11.6 Å². The van der Waals surface area contributed by atoms with Crippen molar-refractivity contribution in [3.8, 4) is 11.4 Å². The van der Waals surface area contributed by atoms with Gasteiger partial charge in [0.25, 0.3) is 0 Å². The van der Waals surface area contributed by atoms with Crippen LogP contribution in [0.1, 0.15) is 12.3 Å². The Hall–Kier alpha value is -1.64. The number of halogens is 4. The van der Waals surface area contributed by atoms with Crippen molar-refractivity contribution in [3.63, 3.8) is 0 Å². The highest BCUT2D eigenvalue weighted by molar-refractivity contribution is 6.30. The first-order valence-electron chi connectivity index (χ1n) is 7.36. The van der Waals surface area contributed by atoms with Gasteiger partial charge in [-0.1, -0.05) is 28.9 Å². The number of hydrogen-bond donors (Lipinski definition) is 1. The summed E-state index contributed by atoms with van der Waals surface area (Å²) in [7, 11) is 0. The summed E-state index contributed by atoms with van der Waals surface area (Å²) in [5, 5.41) is 13.1. The van der Waals surface area contributed by atoms with Crippen molar-refractivity contribution in [2.45, 2.75) is 19.0 Å². The first kappa shape index (κ1) is 18.7. The number of rotatable bonds is 8. The molecule has 0 atom stereocenters. The normalized spacial score (nSPS) is 12.1. The molecule has 1 heterocycles. The first-order chi connectivity index (χ1) is 11.4. The number of nitrogens with zero attached hydrogens (tertiary/aromatic N) is 3. The Balaban J connectivity index is 1.97. The number of benzene rings is 1. The van der Waals surface area contributed by atoms with E-state index in [1.807, 2.05) is 0 Å². The molecule has 0 aliphatic rings. The fourth-order valence-corrected chi connectivity index (χ4v) is 2.36. The second-order valence-corrected chi connectivity index (χ2v) is 5.68. The molecule has 24 heavy (non-hydrogen) atoms. The van der Waals surface area contributed by atoms with Gasteiger partial charge in [0.05, 0.1) is 6.54 Å².